The second kappa shape index (κ2) is 7.87. The van der Waals surface area contributed by atoms with Crippen LogP contribution in [0, 0.1) is 6.92 Å². The summed E-state index contributed by atoms with van der Waals surface area (Å²) >= 11 is 0. The summed E-state index contributed by atoms with van der Waals surface area (Å²) in [5, 5.41) is 7.28. The summed E-state index contributed by atoms with van der Waals surface area (Å²) in [5.74, 6) is 0.462. The van der Waals surface area contributed by atoms with Crippen LogP contribution in [0.1, 0.15) is 29.2 Å². The summed E-state index contributed by atoms with van der Waals surface area (Å²) in [6.45, 7) is 1.85. The number of hydrogen-bond donors (Lipinski definition) is 1. The van der Waals surface area contributed by atoms with Gasteiger partial charge in [-0.05, 0) is 18.1 Å². The van der Waals surface area contributed by atoms with Gasteiger partial charge in [0.15, 0.2) is 0 Å². The molecule has 3 aromatic rings. The van der Waals surface area contributed by atoms with Crippen LogP contribution in [0.5, 0.6) is 5.88 Å². The minimum atomic E-state index is -0.0721. The number of amides is 1. The number of methoxy groups -OCH3 is 1. The van der Waals surface area contributed by atoms with Crippen LogP contribution in [0.15, 0.2) is 60.7 Å². The lowest BCUT2D eigenvalue weighted by atomic mass is 9.88. The first-order valence-electron chi connectivity index (χ1n) is 8.57. The topological polar surface area (TPSA) is 56.1 Å². The van der Waals surface area contributed by atoms with Gasteiger partial charge in [-0.2, -0.15) is 5.10 Å². The fourth-order valence-corrected chi connectivity index (χ4v) is 3.19. The molecule has 0 aliphatic rings. The Hall–Kier alpha value is -3.08. The first-order chi connectivity index (χ1) is 12.6. The number of nitrogens with zero attached hydrogens (tertiary/aromatic N) is 2. The average molecular weight is 349 g/mol. The van der Waals surface area contributed by atoms with Crippen molar-refractivity contribution >= 4 is 11.6 Å². The van der Waals surface area contributed by atoms with Gasteiger partial charge in [-0.3, -0.25) is 4.79 Å². The van der Waals surface area contributed by atoms with E-state index >= 15 is 0 Å². The quantitative estimate of drug-likeness (QED) is 0.734. The molecular formula is C21H23N3O2. The highest BCUT2D eigenvalue weighted by Gasteiger charge is 2.21. The van der Waals surface area contributed by atoms with E-state index in [9.17, 15) is 4.79 Å². The minimum absolute atomic E-state index is 0.0135. The van der Waals surface area contributed by atoms with Gasteiger partial charge in [0, 0.05) is 19.4 Å². The van der Waals surface area contributed by atoms with Gasteiger partial charge < -0.3 is 10.1 Å². The predicted octanol–water partition coefficient (Wildman–Crippen LogP) is 3.90. The molecule has 3 rings (SSSR count). The van der Waals surface area contributed by atoms with Crippen molar-refractivity contribution in [1.82, 2.24) is 9.78 Å². The molecule has 1 N–H and O–H groups in total. The Morgan fingerprint density at radius 1 is 1.08 bits per heavy atom. The molecule has 0 aliphatic heterocycles. The zero-order chi connectivity index (χ0) is 18.5. The van der Waals surface area contributed by atoms with E-state index in [1.807, 2.05) is 43.3 Å². The maximum atomic E-state index is 12.8. The Bertz CT molecular complexity index is 834. The molecule has 1 amide bonds. The van der Waals surface area contributed by atoms with E-state index in [0.717, 1.165) is 16.8 Å². The number of nitrogens with one attached hydrogen (secondary N) is 1. The van der Waals surface area contributed by atoms with E-state index in [1.165, 1.54) is 0 Å². The van der Waals surface area contributed by atoms with E-state index in [1.54, 1.807) is 18.8 Å². The highest BCUT2D eigenvalue weighted by Crippen LogP contribution is 2.31. The second-order valence-corrected chi connectivity index (χ2v) is 6.22. The smallest absolute Gasteiger partial charge is 0.236 e. The molecule has 0 aliphatic carbocycles. The molecule has 0 radical (unpaired) electrons. The van der Waals surface area contributed by atoms with Crippen molar-refractivity contribution in [1.29, 1.82) is 0 Å². The Labute approximate surface area is 153 Å². The molecule has 0 saturated carbocycles. The van der Waals surface area contributed by atoms with Crippen LogP contribution in [-0.4, -0.2) is 22.8 Å². The Morgan fingerprint density at radius 2 is 1.62 bits per heavy atom. The Kier molecular flexibility index (Phi) is 5.37. The highest BCUT2D eigenvalue weighted by molar-refractivity contribution is 5.93. The van der Waals surface area contributed by atoms with Crippen molar-refractivity contribution in [2.75, 3.05) is 12.4 Å². The van der Waals surface area contributed by atoms with Gasteiger partial charge in [0.05, 0.1) is 12.8 Å². The molecule has 0 bridgehead atoms. The summed E-state index contributed by atoms with van der Waals surface area (Å²) in [5.41, 5.74) is 3.58. The number of ether oxygens (including phenoxy) is 1. The summed E-state index contributed by atoms with van der Waals surface area (Å²) in [4.78, 5) is 12.8. The van der Waals surface area contributed by atoms with Crippen LogP contribution in [0.3, 0.4) is 0 Å². The number of anilines is 1. The summed E-state index contributed by atoms with van der Waals surface area (Å²) in [7, 11) is 3.36. The number of aromatic nitrogens is 2. The molecule has 0 unspecified atom stereocenters. The zero-order valence-electron chi connectivity index (χ0n) is 15.3. The third kappa shape index (κ3) is 3.77. The molecule has 2 aromatic carbocycles. The van der Waals surface area contributed by atoms with Gasteiger partial charge in [0.2, 0.25) is 11.8 Å². The van der Waals surface area contributed by atoms with Crippen molar-refractivity contribution in [2.24, 2.45) is 7.05 Å². The van der Waals surface area contributed by atoms with Crippen LogP contribution in [-0.2, 0) is 11.8 Å². The number of carbonyl (C=O) groups is 1. The molecule has 0 spiro atoms. The maximum absolute atomic E-state index is 12.8. The van der Waals surface area contributed by atoms with Crippen LogP contribution >= 0.6 is 0 Å². The molecule has 5 heteroatoms. The van der Waals surface area contributed by atoms with Gasteiger partial charge in [-0.1, -0.05) is 60.7 Å². The number of benzene rings is 2. The minimum Gasteiger partial charge on any atom is -0.480 e. The van der Waals surface area contributed by atoms with Crippen molar-refractivity contribution < 1.29 is 9.53 Å². The van der Waals surface area contributed by atoms with Crippen LogP contribution < -0.4 is 10.1 Å². The molecular weight excluding hydrogens is 326 g/mol. The van der Waals surface area contributed by atoms with Crippen LogP contribution in [0.25, 0.3) is 0 Å². The monoisotopic (exact) mass is 349 g/mol. The van der Waals surface area contributed by atoms with Gasteiger partial charge in [-0.25, -0.2) is 4.68 Å². The molecule has 1 aromatic heterocycles. The molecule has 134 valence electrons. The van der Waals surface area contributed by atoms with Gasteiger partial charge in [0.1, 0.15) is 5.69 Å². The third-order valence-electron chi connectivity index (χ3n) is 4.42. The molecule has 26 heavy (non-hydrogen) atoms. The van der Waals surface area contributed by atoms with Crippen molar-refractivity contribution in [3.05, 3.63) is 77.5 Å². The number of hydrogen-bond acceptors (Lipinski definition) is 3. The highest BCUT2D eigenvalue weighted by atomic mass is 16.5. The molecule has 1 heterocycles. The fraction of sp³-hybridized carbons (Fsp3) is 0.238. The van der Waals surface area contributed by atoms with Gasteiger partial charge >= 0.3 is 0 Å². The van der Waals surface area contributed by atoms with E-state index in [4.69, 9.17) is 4.74 Å². The SMILES string of the molecule is COc1c(NC(=O)CC(c2ccccc2)c2ccccc2)c(C)nn1C. The van der Waals surface area contributed by atoms with Crippen LogP contribution in [0.4, 0.5) is 5.69 Å². The summed E-state index contributed by atoms with van der Waals surface area (Å²) in [6, 6.07) is 20.2. The number of rotatable bonds is 6. The third-order valence-corrected chi connectivity index (χ3v) is 4.42. The standard InChI is InChI=1S/C21H23N3O2/c1-15-20(21(26-3)24(2)23-15)22-19(25)14-18(16-10-6-4-7-11-16)17-12-8-5-9-13-17/h4-13,18H,14H2,1-3H3,(H,22,25). The lowest BCUT2D eigenvalue weighted by Crippen LogP contribution is -2.17. The van der Waals surface area contributed by atoms with Crippen LogP contribution in [0.2, 0.25) is 0 Å². The Morgan fingerprint density at radius 3 is 2.12 bits per heavy atom. The number of carbonyl (C=O) groups excluding carboxylic acids is 1. The maximum Gasteiger partial charge on any atom is 0.236 e. The molecule has 5 nitrogen and oxygen atoms in total. The van der Waals surface area contributed by atoms with Gasteiger partial charge in [-0.15, -0.1) is 0 Å². The van der Waals surface area contributed by atoms with E-state index in [-0.39, 0.29) is 11.8 Å². The Balaban J connectivity index is 1.85. The second-order valence-electron chi connectivity index (χ2n) is 6.22. The zero-order valence-corrected chi connectivity index (χ0v) is 15.3. The summed E-state index contributed by atoms with van der Waals surface area (Å²) < 4.78 is 6.98. The van der Waals surface area contributed by atoms with Crippen molar-refractivity contribution in [3.8, 4) is 5.88 Å². The summed E-state index contributed by atoms with van der Waals surface area (Å²) in [6.07, 6.45) is 0.339. The first-order valence-corrected chi connectivity index (χ1v) is 8.57. The lowest BCUT2D eigenvalue weighted by Gasteiger charge is -2.18. The normalized spacial score (nSPS) is 10.8. The molecule has 0 atom stereocenters. The van der Waals surface area contributed by atoms with E-state index in [2.05, 4.69) is 34.7 Å². The average Bonchev–Trinajstić information content (AvgIpc) is 2.93. The van der Waals surface area contributed by atoms with Gasteiger partial charge in [0.25, 0.3) is 0 Å². The lowest BCUT2D eigenvalue weighted by molar-refractivity contribution is -0.116. The largest absolute Gasteiger partial charge is 0.480 e. The van der Waals surface area contributed by atoms with Crippen molar-refractivity contribution in [3.63, 3.8) is 0 Å². The fourth-order valence-electron chi connectivity index (χ4n) is 3.19. The molecule has 0 fully saturated rings. The first kappa shape index (κ1) is 17.7. The number of aryl methyl sites for hydroxylation is 2. The van der Waals surface area contributed by atoms with E-state index < -0.39 is 0 Å². The van der Waals surface area contributed by atoms with Crippen molar-refractivity contribution in [2.45, 2.75) is 19.3 Å². The molecule has 0 saturated heterocycles. The van der Waals surface area contributed by atoms with E-state index in [0.29, 0.717) is 18.0 Å². The predicted molar refractivity (Wildman–Crippen MR) is 102 cm³/mol.